The van der Waals surface area contributed by atoms with Crippen LogP contribution in [-0.2, 0) is 13.6 Å². The molecule has 0 unspecified atom stereocenters. The molecule has 2 aromatic rings. The zero-order valence-corrected chi connectivity index (χ0v) is 9.38. The summed E-state index contributed by atoms with van der Waals surface area (Å²) in [7, 11) is 1.51. The third kappa shape index (κ3) is 1.62. The summed E-state index contributed by atoms with van der Waals surface area (Å²) in [4.78, 5) is 23.9. The number of para-hydroxylation sites is 1. The Morgan fingerprint density at radius 2 is 2.06 bits per heavy atom. The second kappa shape index (κ2) is 4.06. The average Bonchev–Trinajstić information content (AvgIpc) is 2.31. The molecule has 1 aromatic carbocycles. The lowest BCUT2D eigenvalue weighted by Crippen LogP contribution is -2.40. The molecule has 90 valence electrons. The molecular weight excluding hydrogens is 222 g/mol. The number of aryl methyl sites for hydroxylation is 1. The molecule has 17 heavy (non-hydrogen) atoms. The highest BCUT2D eigenvalue weighted by molar-refractivity contribution is 5.83. The zero-order chi connectivity index (χ0) is 12.6. The minimum absolute atomic E-state index is 0.0842. The van der Waals surface area contributed by atoms with Crippen molar-refractivity contribution >= 4 is 10.9 Å². The molecule has 0 aliphatic carbocycles. The molecule has 0 radical (unpaired) electrons. The van der Waals surface area contributed by atoms with Gasteiger partial charge in [0.05, 0.1) is 10.9 Å². The van der Waals surface area contributed by atoms with Gasteiger partial charge in [-0.1, -0.05) is 6.07 Å². The molecular formula is C11H13N3O3. The second-order valence-electron chi connectivity index (χ2n) is 3.76. The Hall–Kier alpha value is -2.08. The van der Waals surface area contributed by atoms with Crippen molar-refractivity contribution in [3.05, 3.63) is 39.0 Å². The Kier molecular flexibility index (Phi) is 2.72. The predicted octanol–water partition coefficient (Wildman–Crippen LogP) is -0.635. The first kappa shape index (κ1) is 11.4. The molecule has 6 heteroatoms. The van der Waals surface area contributed by atoms with Crippen LogP contribution in [0.15, 0.2) is 27.8 Å². The van der Waals surface area contributed by atoms with Crippen molar-refractivity contribution in [2.45, 2.75) is 6.54 Å². The molecule has 6 nitrogen and oxygen atoms in total. The Morgan fingerprint density at radius 3 is 2.71 bits per heavy atom. The van der Waals surface area contributed by atoms with E-state index in [1.54, 1.807) is 12.1 Å². The van der Waals surface area contributed by atoms with Crippen LogP contribution < -0.4 is 17.0 Å². The Balaban J connectivity index is 3.01. The first-order chi connectivity index (χ1) is 8.07. The van der Waals surface area contributed by atoms with Crippen molar-refractivity contribution in [2.24, 2.45) is 12.8 Å². The fraction of sp³-hybridized carbons (Fsp3) is 0.273. The molecule has 1 aromatic heterocycles. The molecule has 2 rings (SSSR count). The van der Waals surface area contributed by atoms with Gasteiger partial charge in [-0.2, -0.15) is 0 Å². The first-order valence-corrected chi connectivity index (χ1v) is 5.19. The number of hydrogen-bond donors (Lipinski definition) is 2. The zero-order valence-electron chi connectivity index (χ0n) is 9.38. The Morgan fingerprint density at radius 1 is 1.35 bits per heavy atom. The van der Waals surface area contributed by atoms with Crippen molar-refractivity contribution < 1.29 is 5.11 Å². The van der Waals surface area contributed by atoms with Crippen molar-refractivity contribution in [1.82, 2.24) is 9.13 Å². The number of phenolic OH excluding ortho intramolecular Hbond substituents is 1. The quantitative estimate of drug-likeness (QED) is 0.724. The van der Waals surface area contributed by atoms with Gasteiger partial charge < -0.3 is 10.8 Å². The fourth-order valence-corrected chi connectivity index (χ4v) is 1.89. The third-order valence-corrected chi connectivity index (χ3v) is 2.70. The number of aromatic nitrogens is 2. The van der Waals surface area contributed by atoms with E-state index in [4.69, 9.17) is 5.73 Å². The normalized spacial score (nSPS) is 10.9. The summed E-state index contributed by atoms with van der Waals surface area (Å²) in [6.45, 7) is 0.372. The molecule has 0 atom stereocenters. The van der Waals surface area contributed by atoms with Crippen LogP contribution in [0.3, 0.4) is 0 Å². The average molecular weight is 235 g/mol. The van der Waals surface area contributed by atoms with Gasteiger partial charge in [0, 0.05) is 20.1 Å². The summed E-state index contributed by atoms with van der Waals surface area (Å²) in [6, 6.07) is 4.58. The van der Waals surface area contributed by atoms with Crippen molar-refractivity contribution in [1.29, 1.82) is 0 Å². The van der Waals surface area contributed by atoms with E-state index in [2.05, 4.69) is 0 Å². The van der Waals surface area contributed by atoms with Crippen LogP contribution in [0.4, 0.5) is 0 Å². The summed E-state index contributed by atoms with van der Waals surface area (Å²) in [6.07, 6.45) is 0. The van der Waals surface area contributed by atoms with Crippen LogP contribution in [0.5, 0.6) is 5.75 Å². The summed E-state index contributed by atoms with van der Waals surface area (Å²) in [5, 5.41) is 10.00. The van der Waals surface area contributed by atoms with E-state index in [0.29, 0.717) is 5.39 Å². The Labute approximate surface area is 96.5 Å². The van der Waals surface area contributed by atoms with Crippen LogP contribution in [0, 0.1) is 0 Å². The van der Waals surface area contributed by atoms with Gasteiger partial charge in [0.25, 0.3) is 5.56 Å². The van der Waals surface area contributed by atoms with Gasteiger partial charge in [-0.05, 0) is 12.1 Å². The van der Waals surface area contributed by atoms with E-state index in [0.717, 1.165) is 4.57 Å². The van der Waals surface area contributed by atoms with E-state index in [-0.39, 0.29) is 24.4 Å². The van der Waals surface area contributed by atoms with Crippen LogP contribution in [0.2, 0.25) is 0 Å². The van der Waals surface area contributed by atoms with Crippen molar-refractivity contribution in [3.8, 4) is 5.75 Å². The fourth-order valence-electron chi connectivity index (χ4n) is 1.89. The predicted molar refractivity (Wildman–Crippen MR) is 64.2 cm³/mol. The summed E-state index contributed by atoms with van der Waals surface area (Å²) in [5.41, 5.74) is 4.71. The maximum Gasteiger partial charge on any atom is 0.331 e. The number of nitrogens with two attached hydrogens (primary N) is 1. The smallest absolute Gasteiger partial charge is 0.331 e. The highest BCUT2D eigenvalue weighted by Crippen LogP contribution is 2.19. The molecule has 0 saturated carbocycles. The lowest BCUT2D eigenvalue weighted by atomic mass is 10.2. The van der Waals surface area contributed by atoms with Crippen LogP contribution in [0.1, 0.15) is 0 Å². The summed E-state index contributed by atoms with van der Waals surface area (Å²) in [5.74, 6) is -0.0842. The van der Waals surface area contributed by atoms with E-state index in [1.165, 1.54) is 17.7 Å². The number of nitrogens with zero attached hydrogens (tertiary/aromatic N) is 2. The monoisotopic (exact) mass is 235 g/mol. The van der Waals surface area contributed by atoms with Gasteiger partial charge in [-0.25, -0.2) is 4.79 Å². The van der Waals surface area contributed by atoms with Gasteiger partial charge in [0.2, 0.25) is 0 Å². The van der Waals surface area contributed by atoms with Crippen molar-refractivity contribution in [3.63, 3.8) is 0 Å². The molecule has 0 bridgehead atoms. The summed E-state index contributed by atoms with van der Waals surface area (Å²) >= 11 is 0. The van der Waals surface area contributed by atoms with E-state index in [1.807, 2.05) is 0 Å². The SMILES string of the molecule is Cn1c(=O)n(CCN)c(=O)c2cccc(O)c21. The highest BCUT2D eigenvalue weighted by Gasteiger charge is 2.12. The van der Waals surface area contributed by atoms with Crippen LogP contribution in [0.25, 0.3) is 10.9 Å². The second-order valence-corrected chi connectivity index (χ2v) is 3.76. The number of aromatic hydroxyl groups is 1. The minimum atomic E-state index is -0.477. The molecule has 0 spiro atoms. The number of phenols is 1. The van der Waals surface area contributed by atoms with Gasteiger partial charge in [-0.15, -0.1) is 0 Å². The first-order valence-electron chi connectivity index (χ1n) is 5.19. The standard InChI is InChI=1S/C11H13N3O3/c1-13-9-7(3-2-4-8(9)15)10(16)14(6-5-12)11(13)17/h2-4,15H,5-6,12H2,1H3. The topological polar surface area (TPSA) is 90.3 Å². The molecule has 1 heterocycles. The van der Waals surface area contributed by atoms with Gasteiger partial charge >= 0.3 is 5.69 Å². The van der Waals surface area contributed by atoms with Gasteiger partial charge in [-0.3, -0.25) is 13.9 Å². The van der Waals surface area contributed by atoms with E-state index >= 15 is 0 Å². The highest BCUT2D eigenvalue weighted by atomic mass is 16.3. The molecule has 0 aliphatic rings. The Bertz CT molecular complexity index is 685. The van der Waals surface area contributed by atoms with E-state index < -0.39 is 11.2 Å². The van der Waals surface area contributed by atoms with Gasteiger partial charge in [0.15, 0.2) is 0 Å². The molecule has 3 N–H and O–H groups in total. The maximum absolute atomic E-state index is 12.0. The van der Waals surface area contributed by atoms with E-state index in [9.17, 15) is 14.7 Å². The lowest BCUT2D eigenvalue weighted by Gasteiger charge is -2.10. The largest absolute Gasteiger partial charge is 0.506 e. The minimum Gasteiger partial charge on any atom is -0.506 e. The number of benzene rings is 1. The summed E-state index contributed by atoms with van der Waals surface area (Å²) < 4.78 is 2.32. The van der Waals surface area contributed by atoms with Crippen LogP contribution >= 0.6 is 0 Å². The number of rotatable bonds is 2. The molecule has 0 amide bonds. The molecule has 0 saturated heterocycles. The van der Waals surface area contributed by atoms with Gasteiger partial charge in [0.1, 0.15) is 5.75 Å². The number of hydrogen-bond acceptors (Lipinski definition) is 4. The number of fused-ring (bicyclic) bond motifs is 1. The third-order valence-electron chi connectivity index (χ3n) is 2.70. The maximum atomic E-state index is 12.0. The van der Waals surface area contributed by atoms with Crippen LogP contribution in [-0.4, -0.2) is 20.8 Å². The van der Waals surface area contributed by atoms with Crippen molar-refractivity contribution in [2.75, 3.05) is 6.54 Å². The molecule has 0 aliphatic heterocycles. The lowest BCUT2D eigenvalue weighted by molar-refractivity contribution is 0.476. The molecule has 0 fully saturated rings.